The Morgan fingerprint density at radius 1 is 0.941 bits per heavy atom. The maximum Gasteiger partial charge on any atom is 0.137 e. The first-order valence-electron chi connectivity index (χ1n) is 5.44. The van der Waals surface area contributed by atoms with Gasteiger partial charge < -0.3 is 0 Å². The Balaban J connectivity index is 2.14. The molecule has 0 saturated heterocycles. The number of para-hydroxylation sites is 1. The summed E-state index contributed by atoms with van der Waals surface area (Å²) in [5.74, 6) is 0.890. The van der Waals surface area contributed by atoms with Gasteiger partial charge in [0.1, 0.15) is 5.82 Å². The number of benzene rings is 1. The molecule has 2 aromatic rings. The van der Waals surface area contributed by atoms with Crippen molar-refractivity contribution in [2.45, 2.75) is 0 Å². The topological polar surface area (TPSA) is 28.5 Å². The van der Waals surface area contributed by atoms with Crippen LogP contribution in [0.3, 0.4) is 0 Å². The molecular formula is C14H11N3. The van der Waals surface area contributed by atoms with Gasteiger partial charge in [-0.15, -0.1) is 0 Å². The molecule has 0 amide bonds. The molecule has 2 heterocycles. The summed E-state index contributed by atoms with van der Waals surface area (Å²) in [5.41, 5.74) is 2.17. The second kappa shape index (κ2) is 4.22. The van der Waals surface area contributed by atoms with Gasteiger partial charge in [0.05, 0.1) is 5.69 Å². The fraction of sp³-hybridized carbons (Fsp3) is 0. The van der Waals surface area contributed by atoms with E-state index in [9.17, 15) is 0 Å². The van der Waals surface area contributed by atoms with E-state index in [0.717, 1.165) is 17.1 Å². The number of rotatable bonds is 1. The van der Waals surface area contributed by atoms with E-state index in [2.05, 4.69) is 16.0 Å². The summed E-state index contributed by atoms with van der Waals surface area (Å²) in [4.78, 5) is 10.6. The minimum Gasteiger partial charge on any atom is -0.300 e. The van der Waals surface area contributed by atoms with Gasteiger partial charge in [0.2, 0.25) is 0 Å². The van der Waals surface area contributed by atoms with Crippen LogP contribution in [0.4, 0.5) is 11.5 Å². The summed E-state index contributed by atoms with van der Waals surface area (Å²) in [6, 6.07) is 14.0. The molecule has 3 heteroatoms. The number of pyridine rings is 1. The molecule has 1 aromatic carbocycles. The van der Waals surface area contributed by atoms with E-state index >= 15 is 0 Å². The van der Waals surface area contributed by atoms with Crippen molar-refractivity contribution in [3.63, 3.8) is 0 Å². The van der Waals surface area contributed by atoms with Gasteiger partial charge in [-0.25, -0.2) is 4.98 Å². The molecule has 3 nitrogen and oxygen atoms in total. The van der Waals surface area contributed by atoms with E-state index in [1.807, 2.05) is 53.7 Å². The molecule has 0 atom stereocenters. The molecule has 0 aliphatic carbocycles. The molecule has 0 radical (unpaired) electrons. The molecule has 0 bridgehead atoms. The lowest BCUT2D eigenvalue weighted by molar-refractivity contribution is 1.17. The number of aliphatic imine (C=N–C) groups is 1. The first kappa shape index (κ1) is 9.78. The van der Waals surface area contributed by atoms with Crippen LogP contribution >= 0.6 is 0 Å². The average Bonchev–Trinajstić information content (AvgIpc) is 2.62. The molecule has 0 fully saturated rings. The van der Waals surface area contributed by atoms with Gasteiger partial charge in [0.15, 0.2) is 0 Å². The van der Waals surface area contributed by atoms with E-state index in [1.54, 1.807) is 12.4 Å². The van der Waals surface area contributed by atoms with Gasteiger partial charge >= 0.3 is 0 Å². The molecule has 82 valence electrons. The minimum atomic E-state index is 0.890. The smallest absolute Gasteiger partial charge is 0.137 e. The highest BCUT2D eigenvalue weighted by molar-refractivity contribution is 5.91. The van der Waals surface area contributed by atoms with Crippen LogP contribution in [-0.4, -0.2) is 11.2 Å². The fourth-order valence-electron chi connectivity index (χ4n) is 1.82. The van der Waals surface area contributed by atoms with Crippen LogP contribution in [0.5, 0.6) is 0 Å². The van der Waals surface area contributed by atoms with Crippen molar-refractivity contribution in [1.29, 1.82) is 0 Å². The zero-order valence-electron chi connectivity index (χ0n) is 9.19. The zero-order valence-corrected chi connectivity index (χ0v) is 9.19. The monoisotopic (exact) mass is 221 g/mol. The van der Waals surface area contributed by atoms with Crippen LogP contribution in [0, 0.1) is 0 Å². The normalized spacial score (nSPS) is 13.3. The van der Waals surface area contributed by atoms with Crippen LogP contribution < -0.4 is 4.90 Å². The highest BCUT2D eigenvalue weighted by atomic mass is 15.2. The van der Waals surface area contributed by atoms with Crippen molar-refractivity contribution >= 4 is 17.7 Å². The van der Waals surface area contributed by atoms with Crippen molar-refractivity contribution in [1.82, 2.24) is 4.98 Å². The molecular weight excluding hydrogens is 210 g/mol. The molecule has 0 unspecified atom stereocenters. The van der Waals surface area contributed by atoms with Crippen molar-refractivity contribution < 1.29 is 0 Å². The van der Waals surface area contributed by atoms with Gasteiger partial charge in [-0.2, -0.15) is 0 Å². The van der Waals surface area contributed by atoms with E-state index in [1.165, 1.54) is 0 Å². The number of nitrogens with zero attached hydrogens (tertiary/aromatic N) is 3. The molecule has 0 N–H and O–H groups in total. The lowest BCUT2D eigenvalue weighted by Crippen LogP contribution is -2.10. The Labute approximate surface area is 99.8 Å². The number of aromatic nitrogens is 1. The lowest BCUT2D eigenvalue weighted by Gasteiger charge is -2.19. The summed E-state index contributed by atoms with van der Waals surface area (Å²) in [6.07, 6.45) is 7.34. The molecule has 0 saturated carbocycles. The van der Waals surface area contributed by atoms with Crippen LogP contribution in [0.2, 0.25) is 0 Å². The maximum atomic E-state index is 4.36. The highest BCUT2D eigenvalue weighted by Gasteiger charge is 2.11. The van der Waals surface area contributed by atoms with E-state index < -0.39 is 0 Å². The van der Waals surface area contributed by atoms with Gasteiger partial charge in [-0.3, -0.25) is 9.89 Å². The summed E-state index contributed by atoms with van der Waals surface area (Å²) < 4.78 is 0. The first-order chi connectivity index (χ1) is 8.45. The fourth-order valence-corrected chi connectivity index (χ4v) is 1.82. The Kier molecular flexibility index (Phi) is 2.43. The predicted molar refractivity (Wildman–Crippen MR) is 69.6 cm³/mol. The number of hydrogen-bond acceptors (Lipinski definition) is 3. The number of fused-ring (bicyclic) bond motifs is 1. The SMILES string of the molecule is C1=CN(c2ccccn2)c2ccccc2C=N1. The Hall–Kier alpha value is -2.42. The summed E-state index contributed by atoms with van der Waals surface area (Å²) >= 11 is 0. The highest BCUT2D eigenvalue weighted by Crippen LogP contribution is 2.27. The molecule has 1 aliphatic heterocycles. The quantitative estimate of drug-likeness (QED) is 0.740. The van der Waals surface area contributed by atoms with E-state index in [4.69, 9.17) is 0 Å². The van der Waals surface area contributed by atoms with Gasteiger partial charge in [-0.05, 0) is 18.2 Å². The Morgan fingerprint density at radius 3 is 2.71 bits per heavy atom. The molecule has 3 rings (SSSR count). The third-order valence-corrected chi connectivity index (χ3v) is 2.61. The van der Waals surface area contributed by atoms with Crippen LogP contribution in [0.1, 0.15) is 5.56 Å². The summed E-state index contributed by atoms with van der Waals surface area (Å²) in [5, 5.41) is 0. The third-order valence-electron chi connectivity index (χ3n) is 2.61. The first-order valence-corrected chi connectivity index (χ1v) is 5.44. The molecule has 1 aliphatic rings. The number of anilines is 2. The van der Waals surface area contributed by atoms with Crippen LogP contribution in [-0.2, 0) is 0 Å². The van der Waals surface area contributed by atoms with Crippen molar-refractivity contribution in [2.24, 2.45) is 4.99 Å². The van der Waals surface area contributed by atoms with Crippen molar-refractivity contribution in [2.75, 3.05) is 4.90 Å². The molecule has 0 spiro atoms. The summed E-state index contributed by atoms with van der Waals surface area (Å²) in [6.45, 7) is 0. The van der Waals surface area contributed by atoms with Crippen LogP contribution in [0.15, 0.2) is 66.1 Å². The standard InChI is InChI=1S/C14H11N3/c1-2-6-13-12(5-1)11-15-9-10-17(13)14-7-3-4-8-16-14/h1-11H. The van der Waals surface area contributed by atoms with Crippen LogP contribution in [0.25, 0.3) is 0 Å². The van der Waals surface area contributed by atoms with Crippen molar-refractivity contribution in [3.05, 3.63) is 66.6 Å². The van der Waals surface area contributed by atoms with Gasteiger partial charge in [0.25, 0.3) is 0 Å². The van der Waals surface area contributed by atoms with Crippen molar-refractivity contribution in [3.8, 4) is 0 Å². The maximum absolute atomic E-state index is 4.36. The van der Waals surface area contributed by atoms with Gasteiger partial charge in [0, 0.05) is 30.4 Å². The van der Waals surface area contributed by atoms with E-state index in [-0.39, 0.29) is 0 Å². The molecule has 1 aromatic heterocycles. The zero-order chi connectivity index (χ0) is 11.5. The second-order valence-electron chi connectivity index (χ2n) is 3.69. The largest absolute Gasteiger partial charge is 0.300 e. The average molecular weight is 221 g/mol. The third kappa shape index (κ3) is 1.83. The number of hydrogen-bond donors (Lipinski definition) is 0. The summed E-state index contributed by atoms with van der Waals surface area (Å²) in [7, 11) is 0. The van der Waals surface area contributed by atoms with Gasteiger partial charge in [-0.1, -0.05) is 24.3 Å². The minimum absolute atomic E-state index is 0.890. The Bertz CT molecular complexity index is 573. The molecule has 17 heavy (non-hydrogen) atoms. The van der Waals surface area contributed by atoms with E-state index in [0.29, 0.717) is 0 Å². The second-order valence-corrected chi connectivity index (χ2v) is 3.69. The predicted octanol–water partition coefficient (Wildman–Crippen LogP) is 3.12. The lowest BCUT2D eigenvalue weighted by atomic mass is 10.2. The Morgan fingerprint density at radius 2 is 1.82 bits per heavy atom.